The van der Waals surface area contributed by atoms with E-state index in [1.54, 1.807) is 0 Å². The molecule has 3 nitrogen and oxygen atoms in total. The molecule has 8 rings (SSSR count). The first-order valence-corrected chi connectivity index (χ1v) is 21.8. The highest BCUT2D eigenvalue weighted by atomic mass is 15.1. The molecule has 0 amide bonds. The highest BCUT2D eigenvalue weighted by Crippen LogP contribution is 2.32. The van der Waals surface area contributed by atoms with Gasteiger partial charge in [-0.3, -0.25) is 0 Å². The van der Waals surface area contributed by atoms with Crippen molar-refractivity contribution in [3.8, 4) is 0 Å². The molecule has 0 atom stereocenters. The van der Waals surface area contributed by atoms with Gasteiger partial charge in [-0.15, -0.1) is 0 Å². The second-order valence-electron chi connectivity index (χ2n) is 11.8. The molecule has 58 heavy (non-hydrogen) atoms. The van der Waals surface area contributed by atoms with E-state index in [0.29, 0.717) is 0 Å². The molecule has 0 unspecified atom stereocenters. The lowest BCUT2D eigenvalue weighted by molar-refractivity contribution is 1.01. The molecule has 6 aromatic carbocycles. The van der Waals surface area contributed by atoms with Crippen molar-refractivity contribution in [1.29, 1.82) is 0 Å². The van der Waals surface area contributed by atoms with Crippen molar-refractivity contribution in [3.63, 3.8) is 0 Å². The fraction of sp³-hybridized carbons (Fsp3) is 0.309. The summed E-state index contributed by atoms with van der Waals surface area (Å²) in [7, 11) is 4.19. The van der Waals surface area contributed by atoms with Gasteiger partial charge in [-0.2, -0.15) is 0 Å². The molecule has 8 aromatic rings. The molecule has 0 aliphatic rings. The lowest BCUT2D eigenvalue weighted by Gasteiger charge is -2.18. The zero-order chi connectivity index (χ0) is 44.0. The molecule has 0 N–H and O–H groups in total. The number of benzene rings is 6. The van der Waals surface area contributed by atoms with E-state index in [-0.39, 0.29) is 0 Å². The molecule has 0 fully saturated rings. The van der Waals surface area contributed by atoms with Crippen LogP contribution >= 0.6 is 0 Å². The minimum Gasteiger partial charge on any atom is -0.345 e. The fourth-order valence-electron chi connectivity index (χ4n) is 6.08. The van der Waals surface area contributed by atoms with E-state index in [1.165, 1.54) is 66.3 Å². The van der Waals surface area contributed by atoms with Crippen molar-refractivity contribution < 1.29 is 0 Å². The molecule has 0 spiro atoms. The van der Waals surface area contributed by atoms with Crippen LogP contribution in [-0.2, 0) is 7.05 Å². The summed E-state index contributed by atoms with van der Waals surface area (Å²) < 4.78 is 4.60. The Morgan fingerprint density at radius 3 is 0.879 bits per heavy atom. The lowest BCUT2D eigenvalue weighted by atomic mass is 10.2. The zero-order valence-corrected chi connectivity index (χ0v) is 39.4. The maximum absolute atomic E-state index is 2.36. The molecule has 0 aliphatic carbocycles. The van der Waals surface area contributed by atoms with E-state index >= 15 is 0 Å². The maximum Gasteiger partial charge on any atom is 0.0537 e. The maximum atomic E-state index is 2.36. The first-order chi connectivity index (χ1) is 28.5. The average molecular weight is 780 g/mol. The van der Waals surface area contributed by atoms with Gasteiger partial charge in [-0.1, -0.05) is 198 Å². The van der Waals surface area contributed by atoms with Crippen LogP contribution in [0.5, 0.6) is 0 Å². The molecule has 2 aromatic heterocycles. The van der Waals surface area contributed by atoms with Gasteiger partial charge in [-0.05, 0) is 69.3 Å². The summed E-state index contributed by atoms with van der Waals surface area (Å²) in [5.41, 5.74) is 10.3. The SMILES string of the molecule is CC.CC.CC.CC.CC.CC.CC(C)=C(C)n1c2ccccc2c2ccccc21.CN(c1ccccc1)c1ccccc1.Cn1c2ccccc2c2ccccc21. The van der Waals surface area contributed by atoms with Crippen molar-refractivity contribution in [2.75, 3.05) is 11.9 Å². The largest absolute Gasteiger partial charge is 0.345 e. The summed E-state index contributed by atoms with van der Waals surface area (Å²) in [6.45, 7) is 30.5. The summed E-state index contributed by atoms with van der Waals surface area (Å²) in [4.78, 5) is 2.17. The highest BCUT2D eigenvalue weighted by Gasteiger charge is 2.11. The normalized spacial score (nSPS) is 9.12. The average Bonchev–Trinajstić information content (AvgIpc) is 3.82. The van der Waals surface area contributed by atoms with Gasteiger partial charge in [-0.25, -0.2) is 0 Å². The molecule has 0 saturated carbocycles. The van der Waals surface area contributed by atoms with E-state index in [9.17, 15) is 0 Å². The number of hydrogen-bond donors (Lipinski definition) is 0. The Morgan fingerprint density at radius 2 is 0.586 bits per heavy atom. The van der Waals surface area contributed by atoms with E-state index in [0.717, 1.165) is 0 Å². The quantitative estimate of drug-likeness (QED) is 0.174. The van der Waals surface area contributed by atoms with Crippen LogP contribution in [0.1, 0.15) is 104 Å². The molecule has 0 aliphatic heterocycles. The first-order valence-electron chi connectivity index (χ1n) is 21.8. The smallest absolute Gasteiger partial charge is 0.0537 e. The Hall–Kier alpha value is -5.54. The van der Waals surface area contributed by atoms with Gasteiger partial charge in [0.05, 0.1) is 11.0 Å². The van der Waals surface area contributed by atoms with Gasteiger partial charge < -0.3 is 14.0 Å². The number of para-hydroxylation sites is 6. The molecule has 0 bridgehead atoms. The summed E-state index contributed by atoms with van der Waals surface area (Å²) >= 11 is 0. The predicted octanol–water partition coefficient (Wildman–Crippen LogP) is 18.0. The Morgan fingerprint density at radius 1 is 0.345 bits per heavy atom. The Bertz CT molecular complexity index is 2100. The highest BCUT2D eigenvalue weighted by molar-refractivity contribution is 6.10. The van der Waals surface area contributed by atoms with Crippen molar-refractivity contribution in [1.82, 2.24) is 9.13 Å². The van der Waals surface area contributed by atoms with E-state index < -0.39 is 0 Å². The van der Waals surface area contributed by atoms with Crippen LogP contribution in [-0.4, -0.2) is 16.2 Å². The topological polar surface area (TPSA) is 13.1 Å². The van der Waals surface area contributed by atoms with E-state index in [4.69, 9.17) is 0 Å². The number of fused-ring (bicyclic) bond motifs is 6. The van der Waals surface area contributed by atoms with E-state index in [1.807, 2.05) is 95.2 Å². The number of nitrogens with zero attached hydrogens (tertiary/aromatic N) is 3. The van der Waals surface area contributed by atoms with E-state index in [2.05, 4.69) is 194 Å². The molecular formula is C55H77N3. The summed E-state index contributed by atoms with van der Waals surface area (Å²) in [5, 5.41) is 5.33. The lowest BCUT2D eigenvalue weighted by Crippen LogP contribution is -2.08. The monoisotopic (exact) mass is 780 g/mol. The number of aromatic nitrogens is 2. The van der Waals surface area contributed by atoms with Crippen molar-refractivity contribution in [2.45, 2.75) is 104 Å². The van der Waals surface area contributed by atoms with Crippen molar-refractivity contribution in [2.24, 2.45) is 7.05 Å². The Balaban J connectivity index is 0.000000748. The third-order valence-electron chi connectivity index (χ3n) is 8.75. The minimum atomic E-state index is 1.21. The Labute approximate surface area is 354 Å². The van der Waals surface area contributed by atoms with Crippen LogP contribution in [0.25, 0.3) is 49.3 Å². The van der Waals surface area contributed by atoms with Crippen LogP contribution in [0.4, 0.5) is 11.4 Å². The van der Waals surface area contributed by atoms with Crippen LogP contribution in [0.3, 0.4) is 0 Å². The first kappa shape index (κ1) is 52.5. The second kappa shape index (κ2) is 30.6. The van der Waals surface area contributed by atoms with Gasteiger partial charge in [0.1, 0.15) is 0 Å². The number of anilines is 2. The van der Waals surface area contributed by atoms with Crippen molar-refractivity contribution in [3.05, 3.63) is 163 Å². The standard InChI is InChI=1S/C17H17N.C13H11N.C13H13N.6C2H6/c1-12(2)13(3)18-16-10-6-4-8-14(16)15-9-5-7-11-17(15)18;1-14-12-8-4-2-6-10(12)11-7-3-5-9-13(11)14;1-14(12-8-4-2-5-9-12)13-10-6-3-7-11-13;6*1-2/h4-11H,1-3H3;2-9H,1H3;2-11H,1H3;6*1-2H3. The molecule has 0 saturated heterocycles. The number of hydrogen-bond acceptors (Lipinski definition) is 1. The number of allylic oxidation sites excluding steroid dienone is 2. The number of rotatable bonds is 3. The van der Waals surface area contributed by atoms with Crippen LogP contribution in [0.15, 0.2) is 163 Å². The number of aryl methyl sites for hydroxylation is 1. The van der Waals surface area contributed by atoms with Crippen molar-refractivity contribution >= 4 is 60.7 Å². The summed E-state index contributed by atoms with van der Waals surface area (Å²) in [6, 6.07) is 54.9. The van der Waals surface area contributed by atoms with Gasteiger partial charge in [0.25, 0.3) is 0 Å². The third kappa shape index (κ3) is 13.8. The molecule has 312 valence electrons. The summed E-state index contributed by atoms with van der Waals surface area (Å²) in [6.07, 6.45) is 0. The van der Waals surface area contributed by atoms with Crippen LogP contribution in [0, 0.1) is 0 Å². The minimum absolute atomic E-state index is 1.21. The molecule has 3 heteroatoms. The van der Waals surface area contributed by atoms with Gasteiger partial charge in [0.2, 0.25) is 0 Å². The van der Waals surface area contributed by atoms with Crippen LogP contribution < -0.4 is 4.90 Å². The summed E-state index contributed by atoms with van der Waals surface area (Å²) in [5.74, 6) is 0. The van der Waals surface area contributed by atoms with Gasteiger partial charge in [0.15, 0.2) is 0 Å². The molecule has 0 radical (unpaired) electrons. The molecular weight excluding hydrogens is 703 g/mol. The third-order valence-corrected chi connectivity index (χ3v) is 8.75. The second-order valence-corrected chi connectivity index (χ2v) is 11.8. The molecule has 2 heterocycles. The zero-order valence-electron chi connectivity index (χ0n) is 39.4. The predicted molar refractivity (Wildman–Crippen MR) is 269 cm³/mol. The van der Waals surface area contributed by atoms with Gasteiger partial charge in [0, 0.05) is 63.7 Å². The fourth-order valence-corrected chi connectivity index (χ4v) is 6.08. The Kier molecular flexibility index (Phi) is 27.7. The van der Waals surface area contributed by atoms with Crippen LogP contribution in [0.2, 0.25) is 0 Å². The van der Waals surface area contributed by atoms with Gasteiger partial charge >= 0.3 is 0 Å².